The van der Waals surface area contributed by atoms with Gasteiger partial charge in [-0.25, -0.2) is 0 Å². The lowest BCUT2D eigenvalue weighted by Gasteiger charge is -2.22. The molecule has 114 valence electrons. The van der Waals surface area contributed by atoms with Crippen molar-refractivity contribution in [3.05, 3.63) is 46.8 Å². The molecule has 1 aromatic heterocycles. The van der Waals surface area contributed by atoms with E-state index in [0.29, 0.717) is 0 Å². The summed E-state index contributed by atoms with van der Waals surface area (Å²) in [5, 5.41) is 7.96. The molecule has 0 fully saturated rings. The van der Waals surface area contributed by atoms with Crippen molar-refractivity contribution < 1.29 is 4.74 Å². The molecule has 2 aromatic rings. The Bertz CT molecular complexity index is 604. The smallest absolute Gasteiger partial charge is 0.161 e. The normalized spacial score (nSPS) is 12.4. The van der Waals surface area contributed by atoms with Gasteiger partial charge in [-0.15, -0.1) is 0 Å². The Kier molecular flexibility index (Phi) is 5.02. The molecule has 0 bridgehead atoms. The van der Waals surface area contributed by atoms with Gasteiger partial charge in [-0.2, -0.15) is 5.10 Å². The van der Waals surface area contributed by atoms with Gasteiger partial charge in [0, 0.05) is 7.05 Å². The molecule has 1 aromatic carbocycles. The fraction of sp³-hybridized carbons (Fsp3) is 0.471. The molecule has 1 atom stereocenters. The molecule has 4 heteroatoms. The molecule has 0 amide bonds. The van der Waals surface area contributed by atoms with E-state index < -0.39 is 0 Å². The molecule has 0 aliphatic carbocycles. The predicted octanol–water partition coefficient (Wildman–Crippen LogP) is 3.13. The van der Waals surface area contributed by atoms with Gasteiger partial charge in [0.05, 0.1) is 19.3 Å². The SMILES string of the molecule is CCCNC(c1ccc(C)cc1C)c1c(OC)cnn1C. The summed E-state index contributed by atoms with van der Waals surface area (Å²) in [4.78, 5) is 0. The van der Waals surface area contributed by atoms with Crippen molar-refractivity contribution >= 4 is 0 Å². The van der Waals surface area contributed by atoms with Crippen LogP contribution in [0.15, 0.2) is 24.4 Å². The van der Waals surface area contributed by atoms with Crippen molar-refractivity contribution in [2.45, 2.75) is 33.2 Å². The zero-order valence-corrected chi connectivity index (χ0v) is 13.6. The summed E-state index contributed by atoms with van der Waals surface area (Å²) < 4.78 is 7.38. The molecule has 0 aliphatic rings. The van der Waals surface area contributed by atoms with Gasteiger partial charge in [0.1, 0.15) is 5.69 Å². The number of aromatic nitrogens is 2. The monoisotopic (exact) mass is 287 g/mol. The third-order valence-electron chi connectivity index (χ3n) is 3.78. The Balaban J connectivity index is 2.49. The molecular weight excluding hydrogens is 262 g/mol. The van der Waals surface area contributed by atoms with Crippen LogP contribution in [0.2, 0.25) is 0 Å². The summed E-state index contributed by atoms with van der Waals surface area (Å²) in [6.45, 7) is 7.40. The van der Waals surface area contributed by atoms with Crippen molar-refractivity contribution in [3.8, 4) is 5.75 Å². The Hall–Kier alpha value is -1.81. The minimum Gasteiger partial charge on any atom is -0.493 e. The second kappa shape index (κ2) is 6.76. The van der Waals surface area contributed by atoms with E-state index in [9.17, 15) is 0 Å². The van der Waals surface area contributed by atoms with Gasteiger partial charge in [-0.3, -0.25) is 4.68 Å². The average molecular weight is 287 g/mol. The van der Waals surface area contributed by atoms with Crippen molar-refractivity contribution in [2.24, 2.45) is 7.05 Å². The highest BCUT2D eigenvalue weighted by atomic mass is 16.5. The number of rotatable bonds is 6. The summed E-state index contributed by atoms with van der Waals surface area (Å²) in [5.41, 5.74) is 4.91. The highest BCUT2D eigenvalue weighted by molar-refractivity contribution is 5.41. The van der Waals surface area contributed by atoms with Gasteiger partial charge in [-0.1, -0.05) is 30.7 Å². The topological polar surface area (TPSA) is 39.1 Å². The van der Waals surface area contributed by atoms with Gasteiger partial charge in [0.2, 0.25) is 0 Å². The van der Waals surface area contributed by atoms with Crippen LogP contribution in [0.3, 0.4) is 0 Å². The number of aryl methyl sites for hydroxylation is 3. The van der Waals surface area contributed by atoms with Gasteiger partial charge in [-0.05, 0) is 37.9 Å². The summed E-state index contributed by atoms with van der Waals surface area (Å²) in [6.07, 6.45) is 2.86. The zero-order valence-electron chi connectivity index (χ0n) is 13.6. The molecule has 1 heterocycles. The van der Waals surface area contributed by atoms with Crippen LogP contribution in [-0.2, 0) is 7.05 Å². The molecule has 0 radical (unpaired) electrons. The number of hydrogen-bond acceptors (Lipinski definition) is 3. The maximum Gasteiger partial charge on any atom is 0.161 e. The number of hydrogen-bond donors (Lipinski definition) is 1. The number of ether oxygens (including phenoxy) is 1. The van der Waals surface area contributed by atoms with Crippen LogP contribution >= 0.6 is 0 Å². The van der Waals surface area contributed by atoms with E-state index in [-0.39, 0.29) is 6.04 Å². The third kappa shape index (κ3) is 3.27. The summed E-state index contributed by atoms with van der Waals surface area (Å²) >= 11 is 0. The molecular formula is C17H25N3O. The maximum atomic E-state index is 5.49. The lowest BCUT2D eigenvalue weighted by Crippen LogP contribution is -2.26. The lowest BCUT2D eigenvalue weighted by atomic mass is 9.96. The van der Waals surface area contributed by atoms with E-state index in [1.165, 1.54) is 16.7 Å². The van der Waals surface area contributed by atoms with E-state index in [2.05, 4.69) is 49.4 Å². The standard InChI is InChI=1S/C17H25N3O/c1-6-9-18-16(14-8-7-12(2)10-13(14)3)17-15(21-5)11-19-20(17)4/h7-8,10-11,16,18H,6,9H2,1-5H3. The van der Waals surface area contributed by atoms with Crippen LogP contribution in [0.25, 0.3) is 0 Å². The van der Waals surface area contributed by atoms with Gasteiger partial charge in [0.25, 0.3) is 0 Å². The molecule has 21 heavy (non-hydrogen) atoms. The van der Waals surface area contributed by atoms with Crippen LogP contribution in [0.4, 0.5) is 0 Å². The van der Waals surface area contributed by atoms with Crippen molar-refractivity contribution in [2.75, 3.05) is 13.7 Å². The van der Waals surface area contributed by atoms with Crippen LogP contribution in [0.5, 0.6) is 5.75 Å². The highest BCUT2D eigenvalue weighted by Gasteiger charge is 2.23. The van der Waals surface area contributed by atoms with Crippen LogP contribution in [0, 0.1) is 13.8 Å². The second-order valence-corrected chi connectivity index (χ2v) is 5.47. The number of benzene rings is 1. The Morgan fingerprint density at radius 2 is 2.10 bits per heavy atom. The highest BCUT2D eigenvalue weighted by Crippen LogP contribution is 2.31. The molecule has 0 saturated carbocycles. The summed E-state index contributed by atoms with van der Waals surface area (Å²) in [5.74, 6) is 0.825. The first-order chi connectivity index (χ1) is 10.1. The number of nitrogens with zero attached hydrogens (tertiary/aromatic N) is 2. The van der Waals surface area contributed by atoms with E-state index in [1.54, 1.807) is 13.3 Å². The average Bonchev–Trinajstić information content (AvgIpc) is 2.82. The van der Waals surface area contributed by atoms with Crippen molar-refractivity contribution in [1.82, 2.24) is 15.1 Å². The largest absolute Gasteiger partial charge is 0.493 e. The first-order valence-corrected chi connectivity index (χ1v) is 7.44. The van der Waals surface area contributed by atoms with Gasteiger partial charge >= 0.3 is 0 Å². The molecule has 2 rings (SSSR count). The minimum absolute atomic E-state index is 0.0907. The molecule has 0 spiro atoms. The molecule has 0 aliphatic heterocycles. The second-order valence-electron chi connectivity index (χ2n) is 5.47. The van der Waals surface area contributed by atoms with Gasteiger partial charge < -0.3 is 10.1 Å². The zero-order chi connectivity index (χ0) is 15.4. The van der Waals surface area contributed by atoms with E-state index in [4.69, 9.17) is 4.74 Å². The Labute approximate surface area is 127 Å². The van der Waals surface area contributed by atoms with E-state index in [1.807, 2.05) is 11.7 Å². The van der Waals surface area contributed by atoms with Crippen LogP contribution in [-0.4, -0.2) is 23.4 Å². The first-order valence-electron chi connectivity index (χ1n) is 7.44. The molecule has 0 saturated heterocycles. The van der Waals surface area contributed by atoms with E-state index >= 15 is 0 Å². The summed E-state index contributed by atoms with van der Waals surface area (Å²) in [6, 6.07) is 6.67. The maximum absolute atomic E-state index is 5.49. The quantitative estimate of drug-likeness (QED) is 0.887. The van der Waals surface area contributed by atoms with Crippen LogP contribution < -0.4 is 10.1 Å². The molecule has 1 unspecified atom stereocenters. The minimum atomic E-state index is 0.0907. The number of methoxy groups -OCH3 is 1. The van der Waals surface area contributed by atoms with Crippen LogP contribution in [0.1, 0.15) is 41.8 Å². The fourth-order valence-electron chi connectivity index (χ4n) is 2.71. The fourth-order valence-corrected chi connectivity index (χ4v) is 2.71. The Morgan fingerprint density at radius 1 is 1.33 bits per heavy atom. The third-order valence-corrected chi connectivity index (χ3v) is 3.78. The predicted molar refractivity (Wildman–Crippen MR) is 85.8 cm³/mol. The van der Waals surface area contributed by atoms with Gasteiger partial charge in [0.15, 0.2) is 5.75 Å². The first kappa shape index (κ1) is 15.6. The lowest BCUT2D eigenvalue weighted by molar-refractivity contribution is 0.400. The van der Waals surface area contributed by atoms with Crippen molar-refractivity contribution in [3.63, 3.8) is 0 Å². The van der Waals surface area contributed by atoms with Crippen molar-refractivity contribution in [1.29, 1.82) is 0 Å². The Morgan fingerprint density at radius 3 is 2.71 bits per heavy atom. The number of nitrogens with one attached hydrogen (secondary N) is 1. The molecule has 1 N–H and O–H groups in total. The molecule has 4 nitrogen and oxygen atoms in total. The summed E-state index contributed by atoms with van der Waals surface area (Å²) in [7, 11) is 3.65. The van der Waals surface area contributed by atoms with E-state index in [0.717, 1.165) is 24.4 Å².